The van der Waals surface area contributed by atoms with Crippen LogP contribution in [0.4, 0.5) is 0 Å². The molecule has 1 aromatic rings. The van der Waals surface area contributed by atoms with Crippen molar-refractivity contribution < 1.29 is 4.74 Å². The van der Waals surface area contributed by atoms with Gasteiger partial charge in [0.25, 0.3) is 0 Å². The predicted molar refractivity (Wildman–Crippen MR) is 42.2 cm³/mol. The highest BCUT2D eigenvalue weighted by molar-refractivity contribution is 7.08. The minimum Gasteiger partial charge on any atom is -0.373 e. The van der Waals surface area contributed by atoms with Crippen LogP contribution >= 0.6 is 11.3 Å². The molecule has 0 amide bonds. The Kier molecular flexibility index (Phi) is 1.32. The van der Waals surface area contributed by atoms with Crippen LogP contribution in [0.3, 0.4) is 0 Å². The first-order valence-corrected chi connectivity index (χ1v) is 4.39. The number of thiophene rings is 1. The molecule has 0 radical (unpaired) electrons. The summed E-state index contributed by atoms with van der Waals surface area (Å²) in [4.78, 5) is 0. The van der Waals surface area contributed by atoms with Crippen molar-refractivity contribution in [2.75, 3.05) is 7.11 Å². The third kappa shape index (κ3) is 0.796. The van der Waals surface area contributed by atoms with E-state index in [4.69, 9.17) is 4.74 Å². The minimum atomic E-state index is 0.125. The van der Waals surface area contributed by atoms with Crippen molar-refractivity contribution in [1.82, 2.24) is 0 Å². The van der Waals surface area contributed by atoms with Gasteiger partial charge in [-0.3, -0.25) is 0 Å². The third-order valence-electron chi connectivity index (χ3n) is 2.14. The fourth-order valence-electron chi connectivity index (χ4n) is 1.25. The molecule has 10 heavy (non-hydrogen) atoms. The Labute approximate surface area is 64.6 Å². The van der Waals surface area contributed by atoms with Gasteiger partial charge in [-0.05, 0) is 35.2 Å². The summed E-state index contributed by atoms with van der Waals surface area (Å²) in [6.07, 6.45) is 2.39. The predicted octanol–water partition coefficient (Wildman–Crippen LogP) is 2.38. The second-order valence-corrected chi connectivity index (χ2v) is 3.49. The quantitative estimate of drug-likeness (QED) is 0.635. The molecule has 2 rings (SSSR count). The maximum atomic E-state index is 5.40. The van der Waals surface area contributed by atoms with Crippen molar-refractivity contribution in [3.8, 4) is 0 Å². The lowest BCUT2D eigenvalue weighted by atomic mass is 10.2. The van der Waals surface area contributed by atoms with Gasteiger partial charge >= 0.3 is 0 Å². The van der Waals surface area contributed by atoms with E-state index >= 15 is 0 Å². The van der Waals surface area contributed by atoms with E-state index in [1.165, 1.54) is 18.4 Å². The minimum absolute atomic E-state index is 0.125. The topological polar surface area (TPSA) is 9.23 Å². The van der Waals surface area contributed by atoms with E-state index in [0.29, 0.717) is 0 Å². The molecule has 1 saturated carbocycles. The number of hydrogen-bond acceptors (Lipinski definition) is 2. The van der Waals surface area contributed by atoms with Crippen LogP contribution in [-0.2, 0) is 10.3 Å². The van der Waals surface area contributed by atoms with Gasteiger partial charge in [-0.25, -0.2) is 0 Å². The normalized spacial score (nSPS) is 20.9. The molecule has 0 aromatic carbocycles. The van der Waals surface area contributed by atoms with E-state index in [1.54, 1.807) is 18.4 Å². The van der Waals surface area contributed by atoms with E-state index in [2.05, 4.69) is 16.8 Å². The second-order valence-electron chi connectivity index (χ2n) is 2.71. The summed E-state index contributed by atoms with van der Waals surface area (Å²) in [7, 11) is 1.80. The van der Waals surface area contributed by atoms with Crippen molar-refractivity contribution in [3.63, 3.8) is 0 Å². The molecule has 0 saturated heterocycles. The maximum absolute atomic E-state index is 5.40. The number of hydrogen-bond donors (Lipinski definition) is 0. The summed E-state index contributed by atoms with van der Waals surface area (Å²) in [5, 5.41) is 4.28. The second kappa shape index (κ2) is 2.07. The summed E-state index contributed by atoms with van der Waals surface area (Å²) in [5.41, 5.74) is 1.49. The first kappa shape index (κ1) is 6.38. The van der Waals surface area contributed by atoms with Crippen LogP contribution in [0, 0.1) is 0 Å². The van der Waals surface area contributed by atoms with Gasteiger partial charge in [0.05, 0.1) is 5.60 Å². The Morgan fingerprint density at radius 2 is 2.40 bits per heavy atom. The van der Waals surface area contributed by atoms with E-state index < -0.39 is 0 Å². The molecular formula is C8H10OS. The van der Waals surface area contributed by atoms with Gasteiger partial charge in [0.2, 0.25) is 0 Å². The Balaban J connectivity index is 2.27. The van der Waals surface area contributed by atoms with E-state index in [1.807, 2.05) is 0 Å². The van der Waals surface area contributed by atoms with E-state index in [-0.39, 0.29) is 5.60 Å². The molecule has 0 atom stereocenters. The Morgan fingerprint density at radius 3 is 2.80 bits per heavy atom. The summed E-state index contributed by atoms with van der Waals surface area (Å²) in [5.74, 6) is 0. The monoisotopic (exact) mass is 154 g/mol. The van der Waals surface area contributed by atoms with Gasteiger partial charge in [0.1, 0.15) is 0 Å². The molecule has 1 nitrogen and oxygen atoms in total. The van der Waals surface area contributed by atoms with Crippen LogP contribution in [0.15, 0.2) is 16.8 Å². The molecule has 1 aromatic heterocycles. The van der Waals surface area contributed by atoms with Crippen molar-refractivity contribution in [3.05, 3.63) is 22.4 Å². The molecule has 1 aliphatic rings. The smallest absolute Gasteiger partial charge is 0.0937 e. The SMILES string of the molecule is COC1(c2ccsc2)CC1. The highest BCUT2D eigenvalue weighted by Crippen LogP contribution is 2.49. The maximum Gasteiger partial charge on any atom is 0.0937 e. The van der Waals surface area contributed by atoms with Crippen LogP contribution in [0.1, 0.15) is 18.4 Å². The molecule has 0 spiro atoms. The van der Waals surface area contributed by atoms with Crippen LogP contribution < -0.4 is 0 Å². The third-order valence-corrected chi connectivity index (χ3v) is 2.83. The lowest BCUT2D eigenvalue weighted by Crippen LogP contribution is -2.06. The zero-order valence-corrected chi connectivity index (χ0v) is 6.78. The summed E-state index contributed by atoms with van der Waals surface area (Å²) >= 11 is 1.74. The fourth-order valence-corrected chi connectivity index (χ4v) is 1.99. The number of rotatable bonds is 2. The lowest BCUT2D eigenvalue weighted by molar-refractivity contribution is 0.0793. The van der Waals surface area contributed by atoms with Gasteiger partial charge in [0.15, 0.2) is 0 Å². The Morgan fingerprint density at radius 1 is 1.60 bits per heavy atom. The Hall–Kier alpha value is -0.340. The largest absolute Gasteiger partial charge is 0.373 e. The summed E-state index contributed by atoms with van der Waals surface area (Å²) < 4.78 is 5.40. The highest BCUT2D eigenvalue weighted by Gasteiger charge is 2.44. The summed E-state index contributed by atoms with van der Waals surface area (Å²) in [6, 6.07) is 2.15. The van der Waals surface area contributed by atoms with Crippen LogP contribution in [0.25, 0.3) is 0 Å². The van der Waals surface area contributed by atoms with Crippen molar-refractivity contribution >= 4 is 11.3 Å². The zero-order chi connectivity index (χ0) is 7.03. The molecule has 0 N–H and O–H groups in total. The first-order chi connectivity index (χ1) is 4.87. The van der Waals surface area contributed by atoms with E-state index in [0.717, 1.165) is 0 Å². The highest BCUT2D eigenvalue weighted by atomic mass is 32.1. The van der Waals surface area contributed by atoms with Crippen LogP contribution in [0.2, 0.25) is 0 Å². The molecule has 1 heterocycles. The standard InChI is InChI=1S/C8H10OS/c1-9-8(3-4-8)7-2-5-10-6-7/h2,5-6H,3-4H2,1H3. The first-order valence-electron chi connectivity index (χ1n) is 3.45. The molecule has 2 heteroatoms. The van der Waals surface area contributed by atoms with Crippen LogP contribution in [0.5, 0.6) is 0 Å². The van der Waals surface area contributed by atoms with Crippen molar-refractivity contribution in [2.24, 2.45) is 0 Å². The van der Waals surface area contributed by atoms with Gasteiger partial charge in [0, 0.05) is 7.11 Å². The fraction of sp³-hybridized carbons (Fsp3) is 0.500. The van der Waals surface area contributed by atoms with Crippen molar-refractivity contribution in [1.29, 1.82) is 0 Å². The molecular weight excluding hydrogens is 144 g/mol. The van der Waals surface area contributed by atoms with Gasteiger partial charge in [-0.1, -0.05) is 0 Å². The number of ether oxygens (including phenoxy) is 1. The average molecular weight is 154 g/mol. The van der Waals surface area contributed by atoms with Crippen LogP contribution in [-0.4, -0.2) is 7.11 Å². The molecule has 0 aliphatic heterocycles. The molecule has 0 bridgehead atoms. The van der Waals surface area contributed by atoms with Gasteiger partial charge in [-0.15, -0.1) is 0 Å². The number of methoxy groups -OCH3 is 1. The van der Waals surface area contributed by atoms with Gasteiger partial charge < -0.3 is 4.74 Å². The average Bonchev–Trinajstić information content (AvgIpc) is 2.58. The lowest BCUT2D eigenvalue weighted by Gasteiger charge is -2.09. The Bertz CT molecular complexity index is 211. The molecule has 1 fully saturated rings. The zero-order valence-electron chi connectivity index (χ0n) is 5.96. The molecule has 0 unspecified atom stereocenters. The molecule has 54 valence electrons. The summed E-state index contributed by atoms with van der Waals surface area (Å²) in [6.45, 7) is 0. The molecule has 1 aliphatic carbocycles. The van der Waals surface area contributed by atoms with E-state index in [9.17, 15) is 0 Å². The van der Waals surface area contributed by atoms with Crippen molar-refractivity contribution in [2.45, 2.75) is 18.4 Å². The van der Waals surface area contributed by atoms with Gasteiger partial charge in [-0.2, -0.15) is 11.3 Å².